The Bertz CT molecular complexity index is 3580. The van der Waals surface area contributed by atoms with Crippen molar-refractivity contribution in [2.24, 2.45) is 0 Å². The van der Waals surface area contributed by atoms with E-state index in [2.05, 4.69) is 207 Å². The molecule has 0 saturated heterocycles. The van der Waals surface area contributed by atoms with Crippen LogP contribution >= 0.6 is 15.9 Å². The first-order valence-corrected chi connectivity index (χ1v) is 20.1. The third kappa shape index (κ3) is 4.95. The monoisotopic (exact) mass is 806 g/mol. The van der Waals surface area contributed by atoms with Crippen molar-refractivity contribution in [2.45, 2.75) is 0 Å². The normalized spacial score (nSPS) is 11.9. The van der Waals surface area contributed by atoms with Gasteiger partial charge in [0, 0.05) is 38.4 Å². The van der Waals surface area contributed by atoms with Crippen molar-refractivity contribution in [2.75, 3.05) is 0 Å². The van der Waals surface area contributed by atoms with E-state index in [4.69, 9.17) is 14.4 Å². The lowest BCUT2D eigenvalue weighted by molar-refractivity contribution is 0.630. The summed E-state index contributed by atoms with van der Waals surface area (Å²) in [7, 11) is 0. The summed E-state index contributed by atoms with van der Waals surface area (Å²) in [6, 6.07) is 66.0. The third-order valence-corrected chi connectivity index (χ3v) is 12.2. The van der Waals surface area contributed by atoms with Gasteiger partial charge in [0.2, 0.25) is 5.95 Å². The fourth-order valence-electron chi connectivity index (χ4n) is 8.79. The summed E-state index contributed by atoms with van der Waals surface area (Å²) in [6.07, 6.45) is 0. The molecule has 0 radical (unpaired) electrons. The zero-order valence-corrected chi connectivity index (χ0v) is 32.6. The Balaban J connectivity index is 1.06. The van der Waals surface area contributed by atoms with E-state index in [-0.39, 0.29) is 0 Å². The second kappa shape index (κ2) is 12.9. The average Bonchev–Trinajstić information content (AvgIpc) is 3.93. The smallest absolute Gasteiger partial charge is 0.235 e. The Morgan fingerprint density at radius 2 is 1.07 bits per heavy atom. The molecule has 0 bridgehead atoms. The minimum atomic E-state index is 0.631. The highest BCUT2D eigenvalue weighted by molar-refractivity contribution is 9.10. The van der Waals surface area contributed by atoms with Gasteiger partial charge in [-0.25, -0.2) is 9.97 Å². The van der Waals surface area contributed by atoms with E-state index in [1.165, 1.54) is 5.39 Å². The van der Waals surface area contributed by atoms with Gasteiger partial charge in [-0.15, -0.1) is 0 Å². The van der Waals surface area contributed by atoms with Crippen molar-refractivity contribution in [1.29, 1.82) is 0 Å². The van der Waals surface area contributed by atoms with Crippen molar-refractivity contribution < 1.29 is 4.42 Å². The molecule has 272 valence electrons. The maximum absolute atomic E-state index is 6.52. The highest BCUT2D eigenvalue weighted by Crippen LogP contribution is 2.43. The standard InChI is InChI=1S/C52H31BrN4O/c53-47-42-31-35(27-29-46(42)58-51(47)39-23-13-17-32-14-7-8-20-37(32)39)34-26-28-45-41(30-34)38-21-9-11-24-43(38)57(45)52-54-48(33-15-3-1-4-16-33)50-49(55-52)40-22-10-12-25-44(40)56(50)36-18-5-2-6-19-36/h1-31H. The minimum Gasteiger partial charge on any atom is -0.455 e. The van der Waals surface area contributed by atoms with Gasteiger partial charge < -0.3 is 8.98 Å². The number of furan rings is 1. The zero-order valence-electron chi connectivity index (χ0n) is 31.0. The van der Waals surface area contributed by atoms with E-state index in [0.717, 1.165) is 104 Å². The Morgan fingerprint density at radius 3 is 1.88 bits per heavy atom. The van der Waals surface area contributed by atoms with Crippen LogP contribution in [0.4, 0.5) is 0 Å². The van der Waals surface area contributed by atoms with Crippen molar-refractivity contribution >= 4 is 81.4 Å². The molecule has 0 aliphatic rings. The van der Waals surface area contributed by atoms with E-state index < -0.39 is 0 Å². The van der Waals surface area contributed by atoms with E-state index in [1.54, 1.807) is 0 Å². The summed E-state index contributed by atoms with van der Waals surface area (Å²) < 4.78 is 12.0. The summed E-state index contributed by atoms with van der Waals surface area (Å²) in [5, 5.41) is 6.73. The fourth-order valence-corrected chi connectivity index (χ4v) is 9.39. The van der Waals surface area contributed by atoms with Gasteiger partial charge in [-0.05, 0) is 86.4 Å². The van der Waals surface area contributed by atoms with Crippen LogP contribution in [0, 0.1) is 0 Å². The molecule has 4 aromatic heterocycles. The molecule has 0 saturated carbocycles. The zero-order chi connectivity index (χ0) is 38.3. The predicted molar refractivity (Wildman–Crippen MR) is 242 cm³/mol. The molecule has 6 heteroatoms. The number of hydrogen-bond acceptors (Lipinski definition) is 3. The van der Waals surface area contributed by atoms with Gasteiger partial charge in [0.1, 0.15) is 22.6 Å². The molecule has 8 aromatic carbocycles. The summed E-state index contributed by atoms with van der Waals surface area (Å²) in [6.45, 7) is 0. The van der Waals surface area contributed by atoms with Gasteiger partial charge in [0.15, 0.2) is 0 Å². The average molecular weight is 808 g/mol. The topological polar surface area (TPSA) is 48.8 Å². The lowest BCUT2D eigenvalue weighted by atomic mass is 10.0. The number of para-hydroxylation sites is 3. The fraction of sp³-hybridized carbons (Fsp3) is 0. The SMILES string of the molecule is Brc1c(-c2cccc3ccccc23)oc2ccc(-c3ccc4c(c3)c3ccccc3n4-c3nc(-c4ccccc4)c4c(n3)c3ccccc3n4-c3ccccc3)cc12. The Labute approximate surface area is 341 Å². The Morgan fingerprint density at radius 1 is 0.448 bits per heavy atom. The van der Waals surface area contributed by atoms with Crippen molar-refractivity contribution in [1.82, 2.24) is 19.1 Å². The van der Waals surface area contributed by atoms with Crippen LogP contribution in [0.5, 0.6) is 0 Å². The molecular formula is C52H31BrN4O. The lowest BCUT2D eigenvalue weighted by Gasteiger charge is -2.13. The van der Waals surface area contributed by atoms with Crippen molar-refractivity contribution in [3.05, 3.63) is 193 Å². The number of halogens is 1. The van der Waals surface area contributed by atoms with Crippen LogP contribution in [-0.2, 0) is 0 Å². The van der Waals surface area contributed by atoms with Crippen LogP contribution in [0.15, 0.2) is 197 Å². The van der Waals surface area contributed by atoms with Gasteiger partial charge in [-0.3, -0.25) is 4.57 Å². The van der Waals surface area contributed by atoms with Gasteiger partial charge in [0.05, 0.1) is 26.5 Å². The molecule has 4 heterocycles. The maximum Gasteiger partial charge on any atom is 0.235 e. The number of rotatable bonds is 5. The summed E-state index contributed by atoms with van der Waals surface area (Å²) in [4.78, 5) is 10.9. The molecule has 0 unspecified atom stereocenters. The first-order chi connectivity index (χ1) is 28.7. The van der Waals surface area contributed by atoms with Crippen molar-refractivity contribution in [3.8, 4) is 45.3 Å². The van der Waals surface area contributed by atoms with Gasteiger partial charge in [-0.2, -0.15) is 0 Å². The molecule has 12 aromatic rings. The van der Waals surface area contributed by atoms with E-state index in [9.17, 15) is 0 Å². The van der Waals surface area contributed by atoms with Crippen LogP contribution in [0.25, 0.3) is 111 Å². The summed E-state index contributed by atoms with van der Waals surface area (Å²) in [5.74, 6) is 1.46. The van der Waals surface area contributed by atoms with Crippen LogP contribution in [0.1, 0.15) is 0 Å². The second-order valence-corrected chi connectivity index (χ2v) is 15.5. The first kappa shape index (κ1) is 32.9. The van der Waals surface area contributed by atoms with Crippen LogP contribution in [-0.4, -0.2) is 19.1 Å². The number of benzene rings is 8. The minimum absolute atomic E-state index is 0.631. The van der Waals surface area contributed by atoms with Crippen LogP contribution in [0.3, 0.4) is 0 Å². The van der Waals surface area contributed by atoms with Gasteiger partial charge in [0.25, 0.3) is 0 Å². The van der Waals surface area contributed by atoms with Crippen LogP contribution in [0.2, 0.25) is 0 Å². The maximum atomic E-state index is 6.52. The molecule has 0 aliphatic carbocycles. The molecule has 0 atom stereocenters. The van der Waals surface area contributed by atoms with E-state index >= 15 is 0 Å². The van der Waals surface area contributed by atoms with Crippen LogP contribution < -0.4 is 0 Å². The molecule has 0 aliphatic heterocycles. The predicted octanol–water partition coefficient (Wildman–Crippen LogP) is 14.3. The van der Waals surface area contributed by atoms with Gasteiger partial charge >= 0.3 is 0 Å². The molecule has 0 N–H and O–H groups in total. The molecule has 58 heavy (non-hydrogen) atoms. The molecule has 12 rings (SSSR count). The quantitative estimate of drug-likeness (QED) is 0.174. The van der Waals surface area contributed by atoms with Gasteiger partial charge in [-0.1, -0.05) is 140 Å². The molecule has 0 spiro atoms. The van der Waals surface area contributed by atoms with E-state index in [0.29, 0.717) is 5.95 Å². The summed E-state index contributed by atoms with van der Waals surface area (Å²) in [5.41, 5.74) is 12.2. The highest BCUT2D eigenvalue weighted by Gasteiger charge is 2.23. The largest absolute Gasteiger partial charge is 0.455 e. The molecular weight excluding hydrogens is 777 g/mol. The number of aromatic nitrogens is 4. The number of hydrogen-bond donors (Lipinski definition) is 0. The third-order valence-electron chi connectivity index (χ3n) is 11.4. The lowest BCUT2D eigenvalue weighted by Crippen LogP contribution is -2.04. The Hall–Kier alpha value is -7.28. The summed E-state index contributed by atoms with van der Waals surface area (Å²) >= 11 is 3.94. The first-order valence-electron chi connectivity index (χ1n) is 19.4. The van der Waals surface area contributed by atoms with E-state index in [1.807, 2.05) is 6.07 Å². The van der Waals surface area contributed by atoms with Crippen molar-refractivity contribution in [3.63, 3.8) is 0 Å². The Kier molecular flexibility index (Phi) is 7.31. The second-order valence-electron chi connectivity index (χ2n) is 14.7. The highest BCUT2D eigenvalue weighted by atomic mass is 79.9. The molecule has 0 amide bonds. The molecule has 0 fully saturated rings. The molecule has 5 nitrogen and oxygen atoms in total. The number of nitrogens with zero attached hydrogens (tertiary/aromatic N) is 4. The number of fused-ring (bicyclic) bond motifs is 8.